The highest BCUT2D eigenvalue weighted by atomic mass is 35.5. The van der Waals surface area contributed by atoms with Gasteiger partial charge in [-0.2, -0.15) is 0 Å². The number of carbonyl (C=O) groups excluding carboxylic acids is 1. The second kappa shape index (κ2) is 7.02. The summed E-state index contributed by atoms with van der Waals surface area (Å²) in [6, 6.07) is 6.04. The summed E-state index contributed by atoms with van der Waals surface area (Å²) in [5.74, 6) is -0.564. The number of amides is 1. The fraction of sp³-hybridized carbons (Fsp3) is 0.500. The second-order valence-corrected chi connectivity index (χ2v) is 5.23. The number of hydrogen-bond acceptors (Lipinski definition) is 3. The molecule has 3 N–H and O–H groups in total. The zero-order valence-electron chi connectivity index (χ0n) is 11.4. The third-order valence-electron chi connectivity index (χ3n) is 3.64. The number of aliphatic hydroxyl groups excluding tert-OH is 1. The van der Waals surface area contributed by atoms with Crippen LogP contribution in [-0.4, -0.2) is 30.6 Å². The van der Waals surface area contributed by atoms with Crippen molar-refractivity contribution in [2.45, 2.75) is 19.4 Å². The minimum atomic E-state index is -1.02. The van der Waals surface area contributed by atoms with Crippen LogP contribution in [0.5, 0.6) is 0 Å². The quantitative estimate of drug-likeness (QED) is 0.788. The Morgan fingerprint density at radius 1 is 1.55 bits per heavy atom. The molecule has 0 radical (unpaired) electrons. The van der Waals surface area contributed by atoms with Gasteiger partial charge in [0.05, 0.1) is 11.5 Å². The Bertz CT molecular complexity index is 464. The first-order chi connectivity index (χ1) is 9.03. The highest BCUT2D eigenvalue weighted by Crippen LogP contribution is 2.24. The molecule has 2 atom stereocenters. The van der Waals surface area contributed by atoms with E-state index in [1.165, 1.54) is 12.1 Å². The van der Waals surface area contributed by atoms with Crippen LogP contribution in [0.15, 0.2) is 24.3 Å². The van der Waals surface area contributed by atoms with Crippen molar-refractivity contribution in [3.05, 3.63) is 35.6 Å². The van der Waals surface area contributed by atoms with Crippen LogP contribution in [-0.2, 0) is 4.79 Å². The normalized spacial score (nSPS) is 22.9. The molecule has 6 heteroatoms. The molecule has 2 unspecified atom stereocenters. The van der Waals surface area contributed by atoms with Crippen molar-refractivity contribution in [2.75, 3.05) is 19.6 Å². The lowest BCUT2D eigenvalue weighted by molar-refractivity contribution is -0.129. The maximum Gasteiger partial charge on any atom is 0.227 e. The van der Waals surface area contributed by atoms with Crippen LogP contribution >= 0.6 is 12.4 Å². The third kappa shape index (κ3) is 3.69. The molecule has 0 aromatic heterocycles. The molecule has 112 valence electrons. The third-order valence-corrected chi connectivity index (χ3v) is 3.64. The molecule has 0 spiro atoms. The molecule has 1 aromatic rings. The van der Waals surface area contributed by atoms with Gasteiger partial charge in [0.1, 0.15) is 5.82 Å². The molecule has 1 amide bonds. The van der Waals surface area contributed by atoms with Crippen LogP contribution < -0.4 is 10.6 Å². The van der Waals surface area contributed by atoms with Crippen LogP contribution in [0.4, 0.5) is 4.39 Å². The van der Waals surface area contributed by atoms with Crippen LogP contribution in [0.3, 0.4) is 0 Å². The molecule has 1 aliphatic rings. The van der Waals surface area contributed by atoms with Crippen molar-refractivity contribution in [2.24, 2.45) is 5.41 Å². The average molecular weight is 303 g/mol. The van der Waals surface area contributed by atoms with Gasteiger partial charge >= 0.3 is 0 Å². The van der Waals surface area contributed by atoms with E-state index in [1.54, 1.807) is 12.1 Å². The molecule has 0 bridgehead atoms. The Kier molecular flexibility index (Phi) is 5.92. The largest absolute Gasteiger partial charge is 0.386 e. The summed E-state index contributed by atoms with van der Waals surface area (Å²) in [6.45, 7) is 3.36. The highest BCUT2D eigenvalue weighted by Gasteiger charge is 2.36. The van der Waals surface area contributed by atoms with Gasteiger partial charge in [-0.15, -0.1) is 12.4 Å². The number of hydrogen-bond donors (Lipinski definition) is 3. The summed E-state index contributed by atoms with van der Waals surface area (Å²) in [7, 11) is 0. The molecule has 1 aliphatic heterocycles. The molecule has 1 aromatic carbocycles. The van der Waals surface area contributed by atoms with Crippen molar-refractivity contribution in [3.63, 3.8) is 0 Å². The van der Waals surface area contributed by atoms with E-state index in [1.807, 2.05) is 6.92 Å². The van der Waals surface area contributed by atoms with Crippen LogP contribution in [0.1, 0.15) is 25.0 Å². The van der Waals surface area contributed by atoms with Crippen molar-refractivity contribution < 1.29 is 14.3 Å². The maximum absolute atomic E-state index is 13.5. The molecule has 0 aliphatic carbocycles. The summed E-state index contributed by atoms with van der Waals surface area (Å²) in [5.41, 5.74) is -0.230. The van der Waals surface area contributed by atoms with E-state index in [2.05, 4.69) is 10.6 Å². The van der Waals surface area contributed by atoms with Crippen LogP contribution in [0, 0.1) is 11.2 Å². The molecular weight excluding hydrogens is 283 g/mol. The number of rotatable bonds is 4. The van der Waals surface area contributed by atoms with E-state index in [9.17, 15) is 14.3 Å². The Morgan fingerprint density at radius 3 is 2.85 bits per heavy atom. The standard InChI is InChI=1S/C14H19FN2O2.ClH/c1-14(6-7-16-9-14)13(19)17-8-12(18)10-4-2-3-5-11(10)15;/h2-5,12,16,18H,6-9H2,1H3,(H,17,19);1H. The number of aliphatic hydroxyl groups is 1. The average Bonchev–Trinajstić information content (AvgIpc) is 2.84. The van der Waals surface area contributed by atoms with Gasteiger partial charge in [-0.25, -0.2) is 4.39 Å². The van der Waals surface area contributed by atoms with Gasteiger partial charge in [0.25, 0.3) is 0 Å². The van der Waals surface area contributed by atoms with Gasteiger partial charge in [0.15, 0.2) is 0 Å². The minimum absolute atomic E-state index is 0. The lowest BCUT2D eigenvalue weighted by atomic mass is 9.89. The van der Waals surface area contributed by atoms with E-state index in [0.29, 0.717) is 6.54 Å². The first kappa shape index (κ1) is 16.9. The summed E-state index contributed by atoms with van der Waals surface area (Å²) >= 11 is 0. The van der Waals surface area contributed by atoms with Gasteiger partial charge in [-0.1, -0.05) is 18.2 Å². The zero-order valence-corrected chi connectivity index (χ0v) is 12.2. The lowest BCUT2D eigenvalue weighted by Gasteiger charge is -2.22. The first-order valence-electron chi connectivity index (χ1n) is 6.44. The molecule has 4 nitrogen and oxygen atoms in total. The molecule has 20 heavy (non-hydrogen) atoms. The number of benzene rings is 1. The van der Waals surface area contributed by atoms with Gasteiger partial charge < -0.3 is 15.7 Å². The smallest absolute Gasteiger partial charge is 0.227 e. The van der Waals surface area contributed by atoms with E-state index >= 15 is 0 Å². The predicted molar refractivity (Wildman–Crippen MR) is 77.2 cm³/mol. The molecule has 0 saturated carbocycles. The van der Waals surface area contributed by atoms with E-state index in [0.717, 1.165) is 13.0 Å². The Balaban J connectivity index is 0.00000200. The van der Waals surface area contributed by atoms with Gasteiger partial charge in [-0.05, 0) is 26.0 Å². The first-order valence-corrected chi connectivity index (χ1v) is 6.44. The second-order valence-electron chi connectivity index (χ2n) is 5.23. The Hall–Kier alpha value is -1.17. The van der Waals surface area contributed by atoms with Crippen molar-refractivity contribution in [3.8, 4) is 0 Å². The fourth-order valence-corrected chi connectivity index (χ4v) is 2.27. The molecule has 2 rings (SSSR count). The van der Waals surface area contributed by atoms with Gasteiger partial charge in [-0.3, -0.25) is 4.79 Å². The highest BCUT2D eigenvalue weighted by molar-refractivity contribution is 5.85. The maximum atomic E-state index is 13.5. The van der Waals surface area contributed by atoms with Crippen molar-refractivity contribution >= 4 is 18.3 Å². The molecular formula is C14H20ClFN2O2. The van der Waals surface area contributed by atoms with E-state index in [4.69, 9.17) is 0 Å². The molecule has 1 saturated heterocycles. The summed E-state index contributed by atoms with van der Waals surface area (Å²) in [4.78, 5) is 12.0. The SMILES string of the molecule is CC1(C(=O)NCC(O)c2ccccc2F)CCNC1.Cl. The Labute approximate surface area is 124 Å². The summed E-state index contributed by atoms with van der Waals surface area (Å²) < 4.78 is 13.5. The van der Waals surface area contributed by atoms with Crippen molar-refractivity contribution in [1.29, 1.82) is 0 Å². The lowest BCUT2D eigenvalue weighted by Crippen LogP contribution is -2.42. The number of halogens is 2. The summed E-state index contributed by atoms with van der Waals surface area (Å²) in [5, 5.41) is 15.7. The number of carbonyl (C=O) groups is 1. The van der Waals surface area contributed by atoms with Gasteiger partial charge in [0.2, 0.25) is 5.91 Å². The number of nitrogens with one attached hydrogen (secondary N) is 2. The zero-order chi connectivity index (χ0) is 13.9. The minimum Gasteiger partial charge on any atom is -0.386 e. The van der Waals surface area contributed by atoms with Crippen LogP contribution in [0.2, 0.25) is 0 Å². The van der Waals surface area contributed by atoms with Crippen LogP contribution in [0.25, 0.3) is 0 Å². The van der Waals surface area contributed by atoms with E-state index in [-0.39, 0.29) is 30.4 Å². The van der Waals surface area contributed by atoms with Gasteiger partial charge in [0, 0.05) is 18.7 Å². The molecule has 1 heterocycles. The monoisotopic (exact) mass is 302 g/mol. The Morgan fingerprint density at radius 2 is 2.25 bits per heavy atom. The topological polar surface area (TPSA) is 61.4 Å². The predicted octanol–water partition coefficient (Wildman–Crippen LogP) is 1.40. The van der Waals surface area contributed by atoms with E-state index < -0.39 is 17.3 Å². The fourth-order valence-electron chi connectivity index (χ4n) is 2.27. The molecule has 1 fully saturated rings. The van der Waals surface area contributed by atoms with Crippen molar-refractivity contribution in [1.82, 2.24) is 10.6 Å². The summed E-state index contributed by atoms with van der Waals surface area (Å²) in [6.07, 6.45) is -0.252.